The smallest absolute Gasteiger partial charge is 0.303 e. The van der Waals surface area contributed by atoms with E-state index in [1.807, 2.05) is 22.9 Å². The summed E-state index contributed by atoms with van der Waals surface area (Å²) in [6.45, 7) is 0. The molecule has 0 atom stereocenters. The first-order chi connectivity index (χ1) is 10.8. The van der Waals surface area contributed by atoms with Gasteiger partial charge in [0.2, 0.25) is 0 Å². The molecule has 0 aliphatic carbocycles. The van der Waals surface area contributed by atoms with Gasteiger partial charge in [-0.1, -0.05) is 24.6 Å². The highest BCUT2D eigenvalue weighted by molar-refractivity contribution is 5.86. The normalized spacial score (nSPS) is 11.1. The van der Waals surface area contributed by atoms with Crippen LogP contribution in [0.4, 0.5) is 0 Å². The number of nitrogens with zero attached hydrogens (tertiary/aromatic N) is 2. The Morgan fingerprint density at radius 2 is 2.09 bits per heavy atom. The molecule has 5 nitrogen and oxygen atoms in total. The fraction of sp³-hybridized carbons (Fsp3) is 0.294. The molecule has 5 heteroatoms. The van der Waals surface area contributed by atoms with Gasteiger partial charge in [-0.05, 0) is 25.3 Å². The first-order valence-electron chi connectivity index (χ1n) is 7.55. The number of unbranched alkanes of at least 4 members (excludes halogenated alkanes) is 2. The zero-order valence-corrected chi connectivity index (χ0v) is 12.3. The van der Waals surface area contributed by atoms with Crippen LogP contribution in [-0.4, -0.2) is 25.6 Å². The summed E-state index contributed by atoms with van der Waals surface area (Å²) in [7, 11) is 0. The molecule has 0 amide bonds. The summed E-state index contributed by atoms with van der Waals surface area (Å²) in [4.78, 5) is 18.1. The molecule has 3 rings (SSSR count). The Bertz CT molecular complexity index is 759. The molecule has 2 N–H and O–H groups in total. The Morgan fingerprint density at radius 3 is 2.86 bits per heavy atom. The van der Waals surface area contributed by atoms with Crippen LogP contribution in [0.1, 0.15) is 31.2 Å². The number of aromatic nitrogens is 3. The van der Waals surface area contributed by atoms with Gasteiger partial charge in [-0.15, -0.1) is 0 Å². The molecule has 2 heterocycles. The van der Waals surface area contributed by atoms with Gasteiger partial charge in [-0.25, -0.2) is 4.98 Å². The largest absolute Gasteiger partial charge is 0.481 e. The maximum Gasteiger partial charge on any atom is 0.303 e. The third-order valence-electron chi connectivity index (χ3n) is 3.87. The minimum Gasteiger partial charge on any atom is -0.481 e. The first kappa shape index (κ1) is 14.4. The second kappa shape index (κ2) is 6.47. The van der Waals surface area contributed by atoms with Crippen molar-refractivity contribution in [2.24, 2.45) is 0 Å². The Labute approximate surface area is 128 Å². The summed E-state index contributed by atoms with van der Waals surface area (Å²) in [6.07, 6.45) is 9.31. The Kier molecular flexibility index (Phi) is 4.23. The van der Waals surface area contributed by atoms with E-state index in [0.29, 0.717) is 0 Å². The quantitative estimate of drug-likeness (QED) is 0.655. The van der Waals surface area contributed by atoms with Gasteiger partial charge in [0, 0.05) is 35.3 Å². The highest BCUT2D eigenvalue weighted by Gasteiger charge is 2.12. The van der Waals surface area contributed by atoms with Gasteiger partial charge in [0.25, 0.3) is 0 Å². The molecular weight excluding hydrogens is 278 g/mol. The van der Waals surface area contributed by atoms with Crippen LogP contribution in [0.15, 0.2) is 43.0 Å². The van der Waals surface area contributed by atoms with Crippen molar-refractivity contribution >= 4 is 16.9 Å². The van der Waals surface area contributed by atoms with E-state index in [2.05, 4.69) is 22.1 Å². The van der Waals surface area contributed by atoms with Gasteiger partial charge in [0.15, 0.2) is 0 Å². The standard InChI is InChI=1S/C17H19N3O2/c21-16(22)9-3-1-2-7-14-13-6-4-5-8-15(13)19-17(14)20-11-10-18-12-20/h4-6,8,10-12,19H,1-3,7,9H2,(H,21,22). The molecule has 0 aliphatic heterocycles. The molecule has 0 fully saturated rings. The van der Waals surface area contributed by atoms with Gasteiger partial charge < -0.3 is 10.1 Å². The predicted octanol–water partition coefficient (Wildman–Crippen LogP) is 3.54. The summed E-state index contributed by atoms with van der Waals surface area (Å²) < 4.78 is 1.99. The fourth-order valence-electron chi connectivity index (χ4n) is 2.81. The van der Waals surface area contributed by atoms with Gasteiger partial charge in [-0.2, -0.15) is 0 Å². The van der Waals surface area contributed by atoms with E-state index < -0.39 is 5.97 Å². The van der Waals surface area contributed by atoms with Crippen molar-refractivity contribution in [2.75, 3.05) is 0 Å². The Balaban J connectivity index is 1.80. The zero-order valence-electron chi connectivity index (χ0n) is 12.3. The summed E-state index contributed by atoms with van der Waals surface area (Å²) in [5.74, 6) is 0.336. The summed E-state index contributed by atoms with van der Waals surface area (Å²) in [5, 5.41) is 9.92. The molecule has 3 aromatic rings. The van der Waals surface area contributed by atoms with Crippen LogP contribution in [0.25, 0.3) is 16.7 Å². The van der Waals surface area contributed by atoms with Crippen molar-refractivity contribution in [2.45, 2.75) is 32.1 Å². The number of nitrogens with one attached hydrogen (secondary N) is 1. The number of benzene rings is 1. The number of carboxylic acids is 1. The third-order valence-corrected chi connectivity index (χ3v) is 3.87. The van der Waals surface area contributed by atoms with Gasteiger partial charge in [0.1, 0.15) is 12.1 Å². The van der Waals surface area contributed by atoms with E-state index in [9.17, 15) is 4.79 Å². The lowest BCUT2D eigenvalue weighted by Crippen LogP contribution is -1.97. The molecule has 0 saturated carbocycles. The molecule has 0 saturated heterocycles. The second-order valence-corrected chi connectivity index (χ2v) is 5.42. The summed E-state index contributed by atoms with van der Waals surface area (Å²) in [6, 6.07) is 8.26. The van der Waals surface area contributed by atoms with Crippen LogP contribution in [-0.2, 0) is 11.2 Å². The van der Waals surface area contributed by atoms with Crippen LogP contribution in [0, 0.1) is 0 Å². The number of rotatable bonds is 7. The van der Waals surface area contributed by atoms with Crippen molar-refractivity contribution in [3.8, 4) is 5.82 Å². The minimum atomic E-state index is -0.716. The second-order valence-electron chi connectivity index (χ2n) is 5.42. The Hall–Kier alpha value is -2.56. The Morgan fingerprint density at radius 1 is 1.23 bits per heavy atom. The SMILES string of the molecule is O=C(O)CCCCCc1c(-n2ccnc2)[nH]c2ccccc12. The molecule has 2 aromatic heterocycles. The minimum absolute atomic E-state index is 0.252. The third kappa shape index (κ3) is 3.03. The maximum atomic E-state index is 10.6. The van der Waals surface area contributed by atoms with Crippen LogP contribution < -0.4 is 0 Å². The predicted molar refractivity (Wildman–Crippen MR) is 85.2 cm³/mol. The number of hydrogen-bond acceptors (Lipinski definition) is 2. The molecular formula is C17H19N3O2. The first-order valence-corrected chi connectivity index (χ1v) is 7.55. The van der Waals surface area contributed by atoms with Crippen molar-refractivity contribution in [1.82, 2.24) is 14.5 Å². The average Bonchev–Trinajstić information content (AvgIpc) is 3.14. The molecule has 0 spiro atoms. The molecule has 0 radical (unpaired) electrons. The van der Waals surface area contributed by atoms with Crippen LogP contribution >= 0.6 is 0 Å². The molecule has 0 unspecified atom stereocenters. The van der Waals surface area contributed by atoms with E-state index >= 15 is 0 Å². The molecule has 0 bridgehead atoms. The van der Waals surface area contributed by atoms with E-state index in [0.717, 1.165) is 37.0 Å². The average molecular weight is 297 g/mol. The van der Waals surface area contributed by atoms with Gasteiger partial charge in [-0.3, -0.25) is 9.36 Å². The monoisotopic (exact) mass is 297 g/mol. The lowest BCUT2D eigenvalue weighted by molar-refractivity contribution is -0.137. The lowest BCUT2D eigenvalue weighted by Gasteiger charge is -2.05. The number of aryl methyl sites for hydroxylation is 1. The van der Waals surface area contributed by atoms with Crippen LogP contribution in [0.3, 0.4) is 0 Å². The molecule has 22 heavy (non-hydrogen) atoms. The fourth-order valence-corrected chi connectivity index (χ4v) is 2.81. The van der Waals surface area contributed by atoms with Gasteiger partial charge in [0.05, 0.1) is 0 Å². The number of imidazole rings is 1. The van der Waals surface area contributed by atoms with Crippen LogP contribution in [0.5, 0.6) is 0 Å². The number of para-hydroxylation sites is 1. The van der Waals surface area contributed by atoms with E-state index in [1.165, 1.54) is 10.9 Å². The topological polar surface area (TPSA) is 70.9 Å². The highest BCUT2D eigenvalue weighted by Crippen LogP contribution is 2.27. The molecule has 114 valence electrons. The number of fused-ring (bicyclic) bond motifs is 1. The number of H-pyrrole nitrogens is 1. The number of aromatic amines is 1. The zero-order chi connectivity index (χ0) is 15.4. The van der Waals surface area contributed by atoms with Crippen molar-refractivity contribution < 1.29 is 9.90 Å². The maximum absolute atomic E-state index is 10.6. The van der Waals surface area contributed by atoms with Crippen molar-refractivity contribution in [3.05, 3.63) is 48.5 Å². The van der Waals surface area contributed by atoms with Crippen molar-refractivity contribution in [3.63, 3.8) is 0 Å². The van der Waals surface area contributed by atoms with Gasteiger partial charge >= 0.3 is 5.97 Å². The van der Waals surface area contributed by atoms with E-state index in [1.54, 1.807) is 12.5 Å². The number of hydrogen-bond donors (Lipinski definition) is 2. The summed E-state index contributed by atoms with van der Waals surface area (Å²) >= 11 is 0. The lowest BCUT2D eigenvalue weighted by atomic mass is 10.0. The number of carboxylic acid groups (broad SMARTS) is 1. The van der Waals surface area contributed by atoms with E-state index in [-0.39, 0.29) is 6.42 Å². The molecule has 0 aliphatic rings. The summed E-state index contributed by atoms with van der Waals surface area (Å²) in [5.41, 5.74) is 2.38. The van der Waals surface area contributed by atoms with E-state index in [4.69, 9.17) is 5.11 Å². The van der Waals surface area contributed by atoms with Crippen LogP contribution in [0.2, 0.25) is 0 Å². The molecule has 1 aromatic carbocycles. The number of aliphatic carboxylic acids is 1. The number of carbonyl (C=O) groups is 1. The highest BCUT2D eigenvalue weighted by atomic mass is 16.4. The van der Waals surface area contributed by atoms with Crippen molar-refractivity contribution in [1.29, 1.82) is 0 Å².